The highest BCUT2D eigenvalue weighted by Gasteiger charge is 2.25. The van der Waals surface area contributed by atoms with Crippen LogP contribution in [0.5, 0.6) is 11.5 Å². The van der Waals surface area contributed by atoms with Crippen LogP contribution in [0, 0.1) is 5.82 Å². The Balaban J connectivity index is 1.79. The molecule has 0 aromatic heterocycles. The summed E-state index contributed by atoms with van der Waals surface area (Å²) in [7, 11) is 0. The van der Waals surface area contributed by atoms with Crippen molar-refractivity contribution in [2.24, 2.45) is 0 Å². The maximum absolute atomic E-state index is 13.4. The van der Waals surface area contributed by atoms with Crippen LogP contribution in [-0.4, -0.2) is 37.8 Å². The van der Waals surface area contributed by atoms with Crippen molar-refractivity contribution in [1.29, 1.82) is 0 Å². The zero-order valence-electron chi connectivity index (χ0n) is 14.8. The average Bonchev–Trinajstić information content (AvgIpc) is 3.15. The maximum Gasteiger partial charge on any atom is 0.387 e. The fourth-order valence-corrected chi connectivity index (χ4v) is 3.75. The van der Waals surface area contributed by atoms with Gasteiger partial charge in [-0.15, -0.1) is 0 Å². The lowest BCUT2D eigenvalue weighted by Gasteiger charge is -2.27. The van der Waals surface area contributed by atoms with E-state index in [0.717, 1.165) is 36.3 Å². The van der Waals surface area contributed by atoms with Crippen LogP contribution in [0.3, 0.4) is 0 Å². The highest BCUT2D eigenvalue weighted by Crippen LogP contribution is 2.40. The zero-order valence-corrected chi connectivity index (χ0v) is 14.8. The number of alkyl halides is 2. The summed E-state index contributed by atoms with van der Waals surface area (Å²) >= 11 is 0. The third kappa shape index (κ3) is 3.95. The molecule has 142 valence electrons. The van der Waals surface area contributed by atoms with Gasteiger partial charge in [0.2, 0.25) is 0 Å². The molecule has 2 heterocycles. The Kier molecular flexibility index (Phi) is 5.07. The summed E-state index contributed by atoms with van der Waals surface area (Å²) in [6, 6.07) is 10.9. The molecule has 0 unspecified atom stereocenters. The van der Waals surface area contributed by atoms with E-state index in [2.05, 4.69) is 9.64 Å². The van der Waals surface area contributed by atoms with Crippen LogP contribution in [0.25, 0.3) is 5.57 Å². The molecule has 1 saturated heterocycles. The van der Waals surface area contributed by atoms with Gasteiger partial charge in [0.1, 0.15) is 23.9 Å². The molecule has 1 fully saturated rings. The van der Waals surface area contributed by atoms with Crippen LogP contribution < -0.4 is 9.47 Å². The Labute approximate surface area is 156 Å². The van der Waals surface area contributed by atoms with Crippen molar-refractivity contribution in [3.8, 4) is 11.5 Å². The summed E-state index contributed by atoms with van der Waals surface area (Å²) in [6.45, 7) is 0.329. The van der Waals surface area contributed by atoms with E-state index in [4.69, 9.17) is 4.74 Å². The van der Waals surface area contributed by atoms with Gasteiger partial charge in [-0.1, -0.05) is 12.1 Å². The summed E-state index contributed by atoms with van der Waals surface area (Å²) in [6.07, 6.45) is 2.34. The van der Waals surface area contributed by atoms with Gasteiger partial charge in [0, 0.05) is 12.1 Å². The summed E-state index contributed by atoms with van der Waals surface area (Å²) in [4.78, 5) is 2.35. The maximum atomic E-state index is 13.4. The van der Waals surface area contributed by atoms with Crippen LogP contribution in [0.1, 0.15) is 24.0 Å². The smallest absolute Gasteiger partial charge is 0.387 e. The summed E-state index contributed by atoms with van der Waals surface area (Å²) < 4.78 is 49.2. The minimum Gasteiger partial charge on any atom is -0.489 e. The van der Waals surface area contributed by atoms with Crippen molar-refractivity contribution in [2.45, 2.75) is 19.5 Å². The fraction of sp³-hybridized carbons (Fsp3) is 0.333. The minimum atomic E-state index is -2.89. The van der Waals surface area contributed by atoms with Crippen molar-refractivity contribution in [1.82, 2.24) is 4.90 Å². The molecule has 3 nitrogen and oxygen atoms in total. The normalized spacial score (nSPS) is 17.2. The average molecular weight is 375 g/mol. The molecule has 2 aliphatic rings. The largest absolute Gasteiger partial charge is 0.489 e. The lowest BCUT2D eigenvalue weighted by atomic mass is 9.90. The Hall–Kier alpha value is -2.47. The van der Waals surface area contributed by atoms with E-state index in [1.54, 1.807) is 24.3 Å². The monoisotopic (exact) mass is 375 g/mol. The van der Waals surface area contributed by atoms with Gasteiger partial charge in [0.15, 0.2) is 0 Å². The van der Waals surface area contributed by atoms with Crippen molar-refractivity contribution < 1.29 is 22.6 Å². The van der Waals surface area contributed by atoms with Gasteiger partial charge in [-0.25, -0.2) is 4.39 Å². The SMILES string of the molecule is Fc1ccc(C2=C(CN3CCCC3)COc3ccc(OC(F)F)cc32)cc1. The topological polar surface area (TPSA) is 21.7 Å². The van der Waals surface area contributed by atoms with Crippen molar-refractivity contribution >= 4 is 5.57 Å². The quantitative estimate of drug-likeness (QED) is 0.755. The van der Waals surface area contributed by atoms with Gasteiger partial charge < -0.3 is 9.47 Å². The molecular formula is C21H20F3NO2. The van der Waals surface area contributed by atoms with E-state index in [1.165, 1.54) is 31.0 Å². The third-order valence-electron chi connectivity index (χ3n) is 4.95. The first-order chi connectivity index (χ1) is 13.1. The number of hydrogen-bond donors (Lipinski definition) is 0. The summed E-state index contributed by atoms with van der Waals surface area (Å²) in [5, 5.41) is 0. The van der Waals surface area contributed by atoms with E-state index in [0.29, 0.717) is 17.9 Å². The molecule has 0 aliphatic carbocycles. The molecule has 6 heteroatoms. The van der Waals surface area contributed by atoms with Gasteiger partial charge in [-0.05, 0) is 73.0 Å². The Morgan fingerprint density at radius 2 is 1.78 bits per heavy atom. The zero-order chi connectivity index (χ0) is 18.8. The first-order valence-corrected chi connectivity index (χ1v) is 9.02. The second-order valence-electron chi connectivity index (χ2n) is 6.79. The van der Waals surface area contributed by atoms with Crippen molar-refractivity contribution in [2.75, 3.05) is 26.2 Å². The van der Waals surface area contributed by atoms with Crippen LogP contribution in [-0.2, 0) is 0 Å². The molecule has 27 heavy (non-hydrogen) atoms. The fourth-order valence-electron chi connectivity index (χ4n) is 3.75. The van der Waals surface area contributed by atoms with E-state index < -0.39 is 6.61 Å². The molecule has 2 aliphatic heterocycles. The number of likely N-dealkylation sites (tertiary alicyclic amines) is 1. The van der Waals surface area contributed by atoms with Crippen LogP contribution in [0.2, 0.25) is 0 Å². The number of hydrogen-bond acceptors (Lipinski definition) is 3. The molecule has 2 aromatic rings. The second-order valence-corrected chi connectivity index (χ2v) is 6.79. The predicted molar refractivity (Wildman–Crippen MR) is 96.7 cm³/mol. The van der Waals surface area contributed by atoms with Gasteiger partial charge in [0.25, 0.3) is 0 Å². The first-order valence-electron chi connectivity index (χ1n) is 9.02. The van der Waals surface area contributed by atoms with Crippen molar-refractivity contribution in [3.05, 3.63) is 65.0 Å². The van der Waals surface area contributed by atoms with E-state index in [1.807, 2.05) is 0 Å². The molecular weight excluding hydrogens is 355 g/mol. The first kappa shape index (κ1) is 17.9. The number of rotatable bonds is 5. The Bertz CT molecular complexity index is 843. The molecule has 0 radical (unpaired) electrons. The molecule has 0 N–H and O–H groups in total. The van der Waals surface area contributed by atoms with E-state index >= 15 is 0 Å². The second kappa shape index (κ2) is 7.64. The van der Waals surface area contributed by atoms with Crippen LogP contribution in [0.15, 0.2) is 48.0 Å². The van der Waals surface area contributed by atoms with Gasteiger partial charge in [0.05, 0.1) is 0 Å². The number of halogens is 3. The number of ether oxygens (including phenoxy) is 2. The molecule has 0 amide bonds. The number of fused-ring (bicyclic) bond motifs is 1. The van der Waals surface area contributed by atoms with Crippen LogP contribution >= 0.6 is 0 Å². The summed E-state index contributed by atoms with van der Waals surface area (Å²) in [5.41, 5.74) is 3.50. The van der Waals surface area contributed by atoms with E-state index in [9.17, 15) is 13.2 Å². The third-order valence-corrected chi connectivity index (χ3v) is 4.95. The summed E-state index contributed by atoms with van der Waals surface area (Å²) in [5.74, 6) is 0.373. The minimum absolute atomic E-state index is 0.0781. The standard InChI is InChI=1S/C21H20F3NO2/c22-16-5-3-14(4-6-16)20-15(12-25-9-1-2-10-25)13-26-19-8-7-17(11-18(19)20)27-21(23)24/h3-8,11,21H,1-2,9-10,12-13H2. The molecule has 0 saturated carbocycles. The molecule has 0 atom stereocenters. The Morgan fingerprint density at radius 3 is 2.48 bits per heavy atom. The van der Waals surface area contributed by atoms with Gasteiger partial charge in [-0.3, -0.25) is 4.90 Å². The highest BCUT2D eigenvalue weighted by atomic mass is 19.3. The van der Waals surface area contributed by atoms with E-state index in [-0.39, 0.29) is 11.6 Å². The van der Waals surface area contributed by atoms with Crippen molar-refractivity contribution in [3.63, 3.8) is 0 Å². The van der Waals surface area contributed by atoms with Crippen LogP contribution in [0.4, 0.5) is 13.2 Å². The predicted octanol–water partition coefficient (Wildman–Crippen LogP) is 4.72. The Morgan fingerprint density at radius 1 is 1.04 bits per heavy atom. The lowest BCUT2D eigenvalue weighted by molar-refractivity contribution is -0.0498. The number of nitrogens with zero attached hydrogens (tertiary/aromatic N) is 1. The highest BCUT2D eigenvalue weighted by molar-refractivity contribution is 5.87. The molecule has 0 spiro atoms. The lowest BCUT2D eigenvalue weighted by Crippen LogP contribution is -2.26. The van der Waals surface area contributed by atoms with Gasteiger partial charge >= 0.3 is 6.61 Å². The number of benzene rings is 2. The molecule has 0 bridgehead atoms. The molecule has 4 rings (SSSR count). The molecule has 2 aromatic carbocycles. The van der Waals surface area contributed by atoms with Gasteiger partial charge in [-0.2, -0.15) is 8.78 Å².